The number of nitriles is 1. The number of nitrogens with one attached hydrogen (secondary N) is 1. The van der Waals surface area contributed by atoms with Gasteiger partial charge in [0.15, 0.2) is 5.16 Å². The summed E-state index contributed by atoms with van der Waals surface area (Å²) < 4.78 is 1.58. The van der Waals surface area contributed by atoms with Crippen molar-refractivity contribution in [2.24, 2.45) is 0 Å². The van der Waals surface area contributed by atoms with Crippen molar-refractivity contribution in [2.45, 2.75) is 28.9 Å². The van der Waals surface area contributed by atoms with Crippen molar-refractivity contribution in [1.82, 2.24) is 14.8 Å². The molecule has 9 heteroatoms. The minimum Gasteiger partial charge on any atom is -0.267 e. The Bertz CT molecular complexity index is 815. The molecule has 1 N–H and O–H groups in total. The first-order valence-corrected chi connectivity index (χ1v) is 6.95. The van der Waals surface area contributed by atoms with E-state index in [2.05, 4.69) is 10.2 Å². The number of nitro benzene ring substituents is 1. The molecular formula is C12H9N5O3S. The molecule has 1 aromatic heterocycles. The van der Waals surface area contributed by atoms with Crippen LogP contribution in [-0.4, -0.2) is 19.7 Å². The Balaban J connectivity index is 1.94. The second kappa shape index (κ2) is 5.06. The average molecular weight is 303 g/mol. The molecule has 21 heavy (non-hydrogen) atoms. The summed E-state index contributed by atoms with van der Waals surface area (Å²) in [7, 11) is 0. The van der Waals surface area contributed by atoms with E-state index >= 15 is 0 Å². The minimum atomic E-state index is -0.596. The van der Waals surface area contributed by atoms with Gasteiger partial charge in [-0.05, 0) is 36.7 Å². The van der Waals surface area contributed by atoms with E-state index in [0.29, 0.717) is 10.1 Å². The molecule has 1 saturated carbocycles. The van der Waals surface area contributed by atoms with Crippen LogP contribution in [0.15, 0.2) is 33.0 Å². The third-order valence-corrected chi connectivity index (χ3v) is 4.04. The number of aromatic amines is 1. The van der Waals surface area contributed by atoms with Crippen molar-refractivity contribution in [3.63, 3.8) is 0 Å². The lowest BCUT2D eigenvalue weighted by atomic mass is 10.2. The zero-order chi connectivity index (χ0) is 15.0. The van der Waals surface area contributed by atoms with Crippen LogP contribution in [0.2, 0.25) is 0 Å². The number of nitro groups is 1. The van der Waals surface area contributed by atoms with Gasteiger partial charge in [-0.1, -0.05) is 0 Å². The van der Waals surface area contributed by atoms with E-state index in [4.69, 9.17) is 5.26 Å². The Kier molecular flexibility index (Phi) is 3.23. The SMILES string of the molecule is N#Cc1cc(Sc2n[nH]c(=O)n2C2CC2)ccc1[N+](=O)[O-]. The van der Waals surface area contributed by atoms with Crippen LogP contribution in [0.3, 0.4) is 0 Å². The zero-order valence-electron chi connectivity index (χ0n) is 10.6. The number of rotatable bonds is 4. The number of benzene rings is 1. The normalized spacial score (nSPS) is 13.9. The smallest absolute Gasteiger partial charge is 0.267 e. The molecule has 106 valence electrons. The van der Waals surface area contributed by atoms with Gasteiger partial charge in [0.05, 0.1) is 4.92 Å². The molecule has 3 rings (SSSR count). The van der Waals surface area contributed by atoms with E-state index in [0.717, 1.165) is 12.8 Å². The summed E-state index contributed by atoms with van der Waals surface area (Å²) in [5.41, 5.74) is -0.508. The third kappa shape index (κ3) is 2.53. The van der Waals surface area contributed by atoms with Gasteiger partial charge in [-0.3, -0.25) is 14.7 Å². The van der Waals surface area contributed by atoms with Crippen LogP contribution in [0, 0.1) is 21.4 Å². The predicted octanol–water partition coefficient (Wildman–Crippen LogP) is 1.84. The number of aromatic nitrogens is 3. The van der Waals surface area contributed by atoms with Crippen molar-refractivity contribution in [3.05, 3.63) is 44.4 Å². The van der Waals surface area contributed by atoms with Gasteiger partial charge in [0.2, 0.25) is 0 Å². The first-order valence-electron chi connectivity index (χ1n) is 6.13. The fourth-order valence-electron chi connectivity index (χ4n) is 1.95. The molecule has 1 aliphatic carbocycles. The van der Waals surface area contributed by atoms with Crippen LogP contribution in [0.25, 0.3) is 0 Å². The van der Waals surface area contributed by atoms with E-state index in [-0.39, 0.29) is 23.0 Å². The second-order valence-electron chi connectivity index (χ2n) is 4.56. The topological polar surface area (TPSA) is 118 Å². The van der Waals surface area contributed by atoms with E-state index < -0.39 is 4.92 Å². The summed E-state index contributed by atoms with van der Waals surface area (Å²) in [6.45, 7) is 0. The van der Waals surface area contributed by atoms with Crippen molar-refractivity contribution < 1.29 is 4.92 Å². The molecule has 0 saturated heterocycles. The highest BCUT2D eigenvalue weighted by Gasteiger charge is 2.29. The van der Waals surface area contributed by atoms with Gasteiger partial charge in [-0.2, -0.15) is 5.26 Å². The molecule has 0 atom stereocenters. The zero-order valence-corrected chi connectivity index (χ0v) is 11.5. The standard InChI is InChI=1S/C12H9N5O3S/c13-6-7-5-9(3-4-10(7)17(19)20)21-12-15-14-11(18)16(12)8-1-2-8/h3-5,8H,1-2H2,(H,14,18). The lowest BCUT2D eigenvalue weighted by Crippen LogP contribution is -2.15. The van der Waals surface area contributed by atoms with Crippen LogP contribution in [-0.2, 0) is 0 Å². The quantitative estimate of drug-likeness (QED) is 0.680. The Morgan fingerprint density at radius 1 is 1.52 bits per heavy atom. The minimum absolute atomic E-state index is 0.0131. The van der Waals surface area contributed by atoms with Crippen molar-refractivity contribution >= 4 is 17.4 Å². The Morgan fingerprint density at radius 3 is 2.90 bits per heavy atom. The highest BCUT2D eigenvalue weighted by Crippen LogP contribution is 2.38. The summed E-state index contributed by atoms with van der Waals surface area (Å²) in [6, 6.07) is 6.24. The molecule has 0 amide bonds. The Hall–Kier alpha value is -2.60. The van der Waals surface area contributed by atoms with Crippen LogP contribution in [0.5, 0.6) is 0 Å². The monoisotopic (exact) mass is 303 g/mol. The molecule has 1 heterocycles. The highest BCUT2D eigenvalue weighted by molar-refractivity contribution is 7.99. The van der Waals surface area contributed by atoms with Crippen LogP contribution < -0.4 is 5.69 Å². The van der Waals surface area contributed by atoms with E-state index in [9.17, 15) is 14.9 Å². The molecule has 8 nitrogen and oxygen atoms in total. The summed E-state index contributed by atoms with van der Waals surface area (Å²) in [5.74, 6) is 0. The molecular weight excluding hydrogens is 294 g/mol. The highest BCUT2D eigenvalue weighted by atomic mass is 32.2. The van der Waals surface area contributed by atoms with Gasteiger partial charge in [-0.25, -0.2) is 9.89 Å². The molecule has 0 radical (unpaired) electrons. The van der Waals surface area contributed by atoms with Gasteiger partial charge in [0.1, 0.15) is 11.6 Å². The number of H-pyrrole nitrogens is 1. The Morgan fingerprint density at radius 2 is 2.29 bits per heavy atom. The van der Waals surface area contributed by atoms with Gasteiger partial charge >= 0.3 is 5.69 Å². The number of nitrogens with zero attached hydrogens (tertiary/aromatic N) is 4. The molecule has 0 bridgehead atoms. The fraction of sp³-hybridized carbons (Fsp3) is 0.250. The molecule has 1 aliphatic rings. The van der Waals surface area contributed by atoms with Crippen molar-refractivity contribution in [3.8, 4) is 6.07 Å². The average Bonchev–Trinajstić information content (AvgIpc) is 3.23. The van der Waals surface area contributed by atoms with Crippen molar-refractivity contribution in [2.75, 3.05) is 0 Å². The summed E-state index contributed by atoms with van der Waals surface area (Å²) in [4.78, 5) is 22.5. The van der Waals surface area contributed by atoms with Gasteiger partial charge in [0, 0.05) is 17.0 Å². The molecule has 1 fully saturated rings. The second-order valence-corrected chi connectivity index (χ2v) is 5.60. The summed E-state index contributed by atoms with van der Waals surface area (Å²) >= 11 is 1.20. The predicted molar refractivity (Wildman–Crippen MR) is 73.1 cm³/mol. The third-order valence-electron chi connectivity index (χ3n) is 3.08. The molecule has 0 spiro atoms. The molecule has 2 aromatic rings. The molecule has 1 aromatic carbocycles. The number of hydrogen-bond acceptors (Lipinski definition) is 6. The van der Waals surface area contributed by atoms with Gasteiger partial charge in [-0.15, -0.1) is 5.10 Å². The number of hydrogen-bond donors (Lipinski definition) is 1. The summed E-state index contributed by atoms with van der Waals surface area (Å²) in [6.07, 6.45) is 1.88. The van der Waals surface area contributed by atoms with Crippen LogP contribution in [0.1, 0.15) is 24.4 Å². The van der Waals surface area contributed by atoms with Crippen LogP contribution >= 0.6 is 11.8 Å². The van der Waals surface area contributed by atoms with Crippen LogP contribution in [0.4, 0.5) is 5.69 Å². The van der Waals surface area contributed by atoms with E-state index in [1.54, 1.807) is 16.7 Å². The maximum atomic E-state index is 11.7. The first-order chi connectivity index (χ1) is 10.1. The Labute approximate surface area is 122 Å². The molecule has 0 unspecified atom stereocenters. The summed E-state index contributed by atoms with van der Waals surface area (Å²) in [5, 5.41) is 26.6. The van der Waals surface area contributed by atoms with Gasteiger partial charge < -0.3 is 0 Å². The lowest BCUT2D eigenvalue weighted by Gasteiger charge is -2.03. The van der Waals surface area contributed by atoms with E-state index in [1.807, 2.05) is 0 Å². The first kappa shape index (κ1) is 13.4. The van der Waals surface area contributed by atoms with E-state index in [1.165, 1.54) is 23.9 Å². The maximum Gasteiger partial charge on any atom is 0.344 e. The molecule has 0 aliphatic heterocycles. The largest absolute Gasteiger partial charge is 0.344 e. The van der Waals surface area contributed by atoms with Crippen molar-refractivity contribution in [1.29, 1.82) is 5.26 Å². The lowest BCUT2D eigenvalue weighted by molar-refractivity contribution is -0.385. The fourth-order valence-corrected chi connectivity index (χ4v) is 2.90. The van der Waals surface area contributed by atoms with Gasteiger partial charge in [0.25, 0.3) is 5.69 Å². The maximum absolute atomic E-state index is 11.7.